The van der Waals surface area contributed by atoms with Crippen LogP contribution in [0.2, 0.25) is 0 Å². The van der Waals surface area contributed by atoms with Gasteiger partial charge in [0, 0.05) is 23.5 Å². The summed E-state index contributed by atoms with van der Waals surface area (Å²) >= 11 is 1.21. The first kappa shape index (κ1) is 22.5. The molecule has 8 nitrogen and oxygen atoms in total. The maximum absolute atomic E-state index is 12.8. The molecule has 0 bridgehead atoms. The summed E-state index contributed by atoms with van der Waals surface area (Å²) in [5.41, 5.74) is 3.38. The fraction of sp³-hybridized carbons (Fsp3) is 0.154. The number of aromatic amines is 1. The largest absolute Gasteiger partial charge is 0.480 e. The van der Waals surface area contributed by atoms with Crippen molar-refractivity contribution >= 4 is 50.2 Å². The molecule has 3 heterocycles. The van der Waals surface area contributed by atoms with Crippen LogP contribution in [0.15, 0.2) is 67.1 Å². The summed E-state index contributed by atoms with van der Waals surface area (Å²) in [6.45, 7) is 1.96. The fourth-order valence-corrected chi connectivity index (χ4v) is 5.09. The van der Waals surface area contributed by atoms with Gasteiger partial charge in [-0.05, 0) is 29.7 Å². The number of benzene rings is 2. The molecule has 35 heavy (non-hydrogen) atoms. The summed E-state index contributed by atoms with van der Waals surface area (Å²) in [4.78, 5) is 37.7. The molecule has 0 saturated carbocycles. The number of carbonyl (C=O) groups is 2. The fourth-order valence-electron chi connectivity index (χ4n) is 4.05. The van der Waals surface area contributed by atoms with Crippen molar-refractivity contribution in [3.8, 4) is 0 Å². The molecule has 0 aliphatic rings. The van der Waals surface area contributed by atoms with Gasteiger partial charge in [0.05, 0.1) is 5.39 Å². The van der Waals surface area contributed by atoms with E-state index >= 15 is 0 Å². The lowest BCUT2D eigenvalue weighted by atomic mass is 10.0. The van der Waals surface area contributed by atoms with Gasteiger partial charge in [-0.25, -0.2) is 19.6 Å². The van der Waals surface area contributed by atoms with Crippen LogP contribution in [0.4, 0.5) is 5.82 Å². The van der Waals surface area contributed by atoms with Gasteiger partial charge in [-0.1, -0.05) is 48.5 Å². The third kappa shape index (κ3) is 4.58. The minimum atomic E-state index is -1.00. The zero-order valence-corrected chi connectivity index (χ0v) is 19.6. The number of ether oxygens (including phenoxy) is 1. The SMILES string of the molecule is Cc1c(C(=O)OCc2ccccc2)sc2ncnc(NC(Cc3c[nH]c4ccccc34)C(=O)O)c12. The van der Waals surface area contributed by atoms with Gasteiger partial charge in [0.2, 0.25) is 0 Å². The number of carboxylic acid groups (broad SMARTS) is 1. The lowest BCUT2D eigenvalue weighted by Gasteiger charge is -2.15. The van der Waals surface area contributed by atoms with E-state index in [9.17, 15) is 14.7 Å². The van der Waals surface area contributed by atoms with Crippen LogP contribution >= 0.6 is 11.3 Å². The van der Waals surface area contributed by atoms with Crippen LogP contribution < -0.4 is 5.32 Å². The topological polar surface area (TPSA) is 117 Å². The maximum atomic E-state index is 12.8. The van der Waals surface area contributed by atoms with Gasteiger partial charge < -0.3 is 20.1 Å². The number of rotatable bonds is 8. The average Bonchev–Trinajstić information content (AvgIpc) is 3.44. The summed E-state index contributed by atoms with van der Waals surface area (Å²) in [6.07, 6.45) is 3.44. The number of nitrogens with zero attached hydrogens (tertiary/aromatic N) is 2. The molecule has 9 heteroatoms. The van der Waals surface area contributed by atoms with Gasteiger partial charge in [0.15, 0.2) is 0 Å². The van der Waals surface area contributed by atoms with Crippen LogP contribution in [-0.4, -0.2) is 38.0 Å². The highest BCUT2D eigenvalue weighted by molar-refractivity contribution is 7.20. The number of fused-ring (bicyclic) bond motifs is 2. The molecular weight excluding hydrogens is 464 g/mol. The van der Waals surface area contributed by atoms with Crippen LogP contribution in [0.1, 0.15) is 26.4 Å². The van der Waals surface area contributed by atoms with E-state index in [0.717, 1.165) is 22.0 Å². The minimum absolute atomic E-state index is 0.163. The molecule has 0 aliphatic heterocycles. The van der Waals surface area contributed by atoms with Crippen molar-refractivity contribution < 1.29 is 19.4 Å². The molecular formula is C26H22N4O4S. The number of hydrogen-bond donors (Lipinski definition) is 3. The highest BCUT2D eigenvalue weighted by Gasteiger charge is 2.25. The number of hydrogen-bond acceptors (Lipinski definition) is 7. The number of esters is 1. The monoisotopic (exact) mass is 486 g/mol. The molecule has 2 aromatic carbocycles. The zero-order chi connectivity index (χ0) is 24.4. The van der Waals surface area contributed by atoms with Crippen molar-refractivity contribution in [1.29, 1.82) is 0 Å². The van der Waals surface area contributed by atoms with Gasteiger partial charge in [-0.3, -0.25) is 0 Å². The zero-order valence-electron chi connectivity index (χ0n) is 18.8. The number of carboxylic acids is 1. The Morgan fingerprint density at radius 3 is 2.69 bits per heavy atom. The van der Waals surface area contributed by atoms with Gasteiger partial charge in [-0.2, -0.15) is 0 Å². The normalized spacial score (nSPS) is 12.0. The summed E-state index contributed by atoms with van der Waals surface area (Å²) in [7, 11) is 0. The molecule has 5 aromatic rings. The smallest absolute Gasteiger partial charge is 0.349 e. The van der Waals surface area contributed by atoms with E-state index in [4.69, 9.17) is 4.74 Å². The van der Waals surface area contributed by atoms with E-state index in [1.165, 1.54) is 17.7 Å². The molecule has 0 aliphatic carbocycles. The van der Waals surface area contributed by atoms with Crippen LogP contribution in [0.3, 0.4) is 0 Å². The van der Waals surface area contributed by atoms with Crippen LogP contribution in [0, 0.1) is 6.92 Å². The lowest BCUT2D eigenvalue weighted by Crippen LogP contribution is -2.32. The Balaban J connectivity index is 1.41. The van der Waals surface area contributed by atoms with Crippen molar-refractivity contribution in [3.05, 3.63) is 88.7 Å². The molecule has 0 spiro atoms. The van der Waals surface area contributed by atoms with Crippen molar-refractivity contribution in [3.63, 3.8) is 0 Å². The number of anilines is 1. The Morgan fingerprint density at radius 1 is 1.11 bits per heavy atom. The molecule has 1 unspecified atom stereocenters. The molecule has 176 valence electrons. The Hall–Kier alpha value is -4.24. The summed E-state index contributed by atoms with van der Waals surface area (Å²) in [5.74, 6) is -1.08. The van der Waals surface area contributed by atoms with Crippen molar-refractivity contribution in [1.82, 2.24) is 15.0 Å². The standard InChI is InChI=1S/C26H22N4O4S/c1-15-21-23(30-20(25(31)32)11-17-12-27-19-10-6-5-9-18(17)19)28-14-29-24(21)35-22(15)26(33)34-13-16-7-3-2-4-8-16/h2-10,12,14,20,27H,11,13H2,1H3,(H,31,32)(H,28,29,30). The third-order valence-corrected chi connectivity index (χ3v) is 7.01. The molecule has 5 rings (SSSR count). The Bertz CT molecular complexity index is 1530. The molecule has 0 fully saturated rings. The second-order valence-corrected chi connectivity index (χ2v) is 9.12. The van der Waals surface area contributed by atoms with Crippen LogP contribution in [0.5, 0.6) is 0 Å². The first-order chi connectivity index (χ1) is 17.0. The summed E-state index contributed by atoms with van der Waals surface area (Å²) < 4.78 is 5.50. The van der Waals surface area contributed by atoms with E-state index < -0.39 is 18.0 Å². The first-order valence-electron chi connectivity index (χ1n) is 11.0. The van der Waals surface area contributed by atoms with E-state index in [-0.39, 0.29) is 13.0 Å². The number of thiophene rings is 1. The second kappa shape index (κ2) is 9.55. The number of carbonyl (C=O) groups excluding carboxylic acids is 1. The van der Waals surface area contributed by atoms with Crippen LogP contribution in [0.25, 0.3) is 21.1 Å². The maximum Gasteiger partial charge on any atom is 0.349 e. The number of para-hydroxylation sites is 1. The van der Waals surface area contributed by atoms with Gasteiger partial charge in [-0.15, -0.1) is 11.3 Å². The van der Waals surface area contributed by atoms with E-state index in [2.05, 4.69) is 20.3 Å². The molecule has 0 radical (unpaired) electrons. The third-order valence-electron chi connectivity index (χ3n) is 5.83. The number of aromatic nitrogens is 3. The molecule has 1 atom stereocenters. The number of aliphatic carboxylic acids is 1. The van der Waals surface area contributed by atoms with Gasteiger partial charge in [0.25, 0.3) is 0 Å². The van der Waals surface area contributed by atoms with Crippen molar-refractivity contribution in [2.45, 2.75) is 26.0 Å². The Morgan fingerprint density at radius 2 is 1.89 bits per heavy atom. The Kier molecular flexibility index (Phi) is 6.15. The van der Waals surface area contributed by atoms with Crippen molar-refractivity contribution in [2.75, 3.05) is 5.32 Å². The minimum Gasteiger partial charge on any atom is -0.480 e. The van der Waals surface area contributed by atoms with E-state index in [1.54, 1.807) is 6.92 Å². The Labute approximate surface area is 204 Å². The van der Waals surface area contributed by atoms with E-state index in [1.807, 2.05) is 60.8 Å². The average molecular weight is 487 g/mol. The number of nitrogens with one attached hydrogen (secondary N) is 2. The first-order valence-corrected chi connectivity index (χ1v) is 11.8. The molecule has 3 aromatic heterocycles. The predicted octanol–water partition coefficient (Wildman–Crippen LogP) is 4.95. The quantitative estimate of drug-likeness (QED) is 0.266. The second-order valence-electron chi connectivity index (χ2n) is 8.12. The summed E-state index contributed by atoms with van der Waals surface area (Å²) in [5, 5.41) is 14.6. The molecule has 3 N–H and O–H groups in total. The molecule has 0 saturated heterocycles. The molecule has 0 amide bonds. The van der Waals surface area contributed by atoms with Gasteiger partial charge in [0.1, 0.15) is 34.5 Å². The highest BCUT2D eigenvalue weighted by atomic mass is 32.1. The number of H-pyrrole nitrogens is 1. The summed E-state index contributed by atoms with van der Waals surface area (Å²) in [6, 6.07) is 16.3. The highest BCUT2D eigenvalue weighted by Crippen LogP contribution is 2.34. The van der Waals surface area contributed by atoms with E-state index in [0.29, 0.717) is 26.5 Å². The van der Waals surface area contributed by atoms with Crippen LogP contribution in [-0.2, 0) is 22.6 Å². The van der Waals surface area contributed by atoms with Crippen molar-refractivity contribution in [2.24, 2.45) is 0 Å². The predicted molar refractivity (Wildman–Crippen MR) is 135 cm³/mol. The lowest BCUT2D eigenvalue weighted by molar-refractivity contribution is -0.137. The van der Waals surface area contributed by atoms with Gasteiger partial charge >= 0.3 is 11.9 Å². The number of aryl methyl sites for hydroxylation is 1.